The third-order valence-electron chi connectivity index (χ3n) is 8.70. The predicted octanol–water partition coefficient (Wildman–Crippen LogP) is 12.5. The lowest BCUT2D eigenvalue weighted by atomic mass is 9.80. The number of alkyl halides is 1. The van der Waals surface area contributed by atoms with E-state index in [1.165, 1.54) is 103 Å². The SMILES string of the molecule is CCCCCCCCCOCOCCCC(C)CC(C)CC(C)CC(C)CC(C)CC(C)CC(C)CCCBr. The van der Waals surface area contributed by atoms with E-state index in [1.807, 2.05) is 0 Å². The van der Waals surface area contributed by atoms with Crippen molar-refractivity contribution in [2.45, 2.75) is 165 Å². The highest BCUT2D eigenvalue weighted by atomic mass is 79.9. The van der Waals surface area contributed by atoms with Gasteiger partial charge in [-0.25, -0.2) is 0 Å². The summed E-state index contributed by atoms with van der Waals surface area (Å²) < 4.78 is 11.4. The van der Waals surface area contributed by atoms with Crippen LogP contribution < -0.4 is 0 Å². The van der Waals surface area contributed by atoms with Crippen molar-refractivity contribution in [2.24, 2.45) is 41.4 Å². The van der Waals surface area contributed by atoms with Crippen LogP contribution in [0.4, 0.5) is 0 Å². The van der Waals surface area contributed by atoms with E-state index in [1.54, 1.807) is 0 Å². The van der Waals surface area contributed by atoms with E-state index >= 15 is 0 Å². The molecule has 2 nitrogen and oxygen atoms in total. The Labute approximate surface area is 256 Å². The molecule has 0 heterocycles. The quantitative estimate of drug-likeness (QED) is 0.0472. The summed E-state index contributed by atoms with van der Waals surface area (Å²) in [5.41, 5.74) is 0. The number of hydrogen-bond donors (Lipinski definition) is 0. The summed E-state index contributed by atoms with van der Waals surface area (Å²) in [6, 6.07) is 0. The lowest BCUT2D eigenvalue weighted by Crippen LogP contribution is -2.14. The molecule has 0 radical (unpaired) electrons. The minimum absolute atomic E-state index is 0.477. The summed E-state index contributed by atoms with van der Waals surface area (Å²) in [4.78, 5) is 0. The summed E-state index contributed by atoms with van der Waals surface area (Å²) in [6.45, 7) is 21.8. The van der Waals surface area contributed by atoms with Crippen molar-refractivity contribution in [1.29, 1.82) is 0 Å². The molecule has 0 saturated carbocycles. The van der Waals surface area contributed by atoms with Crippen LogP contribution in [-0.4, -0.2) is 25.3 Å². The zero-order valence-electron chi connectivity index (χ0n) is 28.1. The lowest BCUT2D eigenvalue weighted by molar-refractivity contribution is -0.0561. The van der Waals surface area contributed by atoms with Gasteiger partial charge in [0.15, 0.2) is 0 Å². The van der Waals surface area contributed by atoms with Gasteiger partial charge in [-0.15, -0.1) is 0 Å². The molecule has 0 aromatic heterocycles. The van der Waals surface area contributed by atoms with Crippen LogP contribution in [0, 0.1) is 41.4 Å². The summed E-state index contributed by atoms with van der Waals surface area (Å²) in [7, 11) is 0. The number of unbranched alkanes of at least 4 members (excludes halogenated alkanes) is 6. The Bertz CT molecular complexity index is 498. The van der Waals surface area contributed by atoms with Gasteiger partial charge in [-0.3, -0.25) is 0 Å². The highest BCUT2D eigenvalue weighted by molar-refractivity contribution is 9.09. The molecule has 0 rings (SSSR count). The first-order valence-corrected chi connectivity index (χ1v) is 18.5. The summed E-state index contributed by atoms with van der Waals surface area (Å²) >= 11 is 3.58. The van der Waals surface area contributed by atoms with Gasteiger partial charge >= 0.3 is 0 Å². The zero-order valence-corrected chi connectivity index (χ0v) is 29.7. The van der Waals surface area contributed by atoms with Crippen LogP contribution >= 0.6 is 15.9 Å². The van der Waals surface area contributed by atoms with Gasteiger partial charge in [-0.2, -0.15) is 0 Å². The highest BCUT2D eigenvalue weighted by Crippen LogP contribution is 2.30. The van der Waals surface area contributed by atoms with E-state index in [4.69, 9.17) is 9.47 Å². The molecule has 0 spiro atoms. The Balaban J connectivity index is 3.80. The first-order valence-electron chi connectivity index (χ1n) is 17.4. The highest BCUT2D eigenvalue weighted by Gasteiger charge is 2.18. The third kappa shape index (κ3) is 27.0. The maximum Gasteiger partial charge on any atom is 0.146 e. The smallest absolute Gasteiger partial charge is 0.146 e. The molecule has 0 saturated heterocycles. The van der Waals surface area contributed by atoms with Crippen molar-refractivity contribution in [3.05, 3.63) is 0 Å². The third-order valence-corrected chi connectivity index (χ3v) is 9.26. The van der Waals surface area contributed by atoms with Gasteiger partial charge in [-0.1, -0.05) is 110 Å². The van der Waals surface area contributed by atoms with E-state index in [-0.39, 0.29) is 0 Å². The van der Waals surface area contributed by atoms with Gasteiger partial charge in [0.05, 0.1) is 0 Å². The number of halogens is 1. The van der Waals surface area contributed by atoms with Crippen LogP contribution in [-0.2, 0) is 9.47 Å². The number of ether oxygens (including phenoxy) is 2. The van der Waals surface area contributed by atoms with Crippen LogP contribution in [0.25, 0.3) is 0 Å². The zero-order chi connectivity index (χ0) is 29.3. The minimum Gasteiger partial charge on any atom is -0.355 e. The van der Waals surface area contributed by atoms with Gasteiger partial charge in [0, 0.05) is 18.5 Å². The molecule has 0 aliphatic heterocycles. The maximum absolute atomic E-state index is 5.72. The standard InChI is InChI=1S/C36H73BrO2/c1-9-10-11-12-13-14-15-21-38-29-39-22-17-19-31(3)24-33(5)26-35(7)28-36(8)27-34(6)25-32(4)23-30(2)18-16-20-37/h30-36H,9-29H2,1-8H3. The van der Waals surface area contributed by atoms with Crippen molar-refractivity contribution >= 4 is 15.9 Å². The average Bonchev–Trinajstić information content (AvgIpc) is 2.84. The first kappa shape index (κ1) is 39.4. The van der Waals surface area contributed by atoms with Gasteiger partial charge in [0.2, 0.25) is 0 Å². The van der Waals surface area contributed by atoms with Crippen LogP contribution in [0.1, 0.15) is 165 Å². The van der Waals surface area contributed by atoms with Gasteiger partial charge in [-0.05, 0) is 112 Å². The van der Waals surface area contributed by atoms with Crippen LogP contribution in [0.15, 0.2) is 0 Å². The van der Waals surface area contributed by atoms with E-state index in [0.29, 0.717) is 6.79 Å². The Morgan fingerprint density at radius 1 is 0.436 bits per heavy atom. The van der Waals surface area contributed by atoms with Crippen molar-refractivity contribution in [3.63, 3.8) is 0 Å². The summed E-state index contributed by atoms with van der Waals surface area (Å²) in [6.07, 6.45) is 22.8. The number of hydrogen-bond acceptors (Lipinski definition) is 2. The number of rotatable bonds is 29. The molecule has 7 unspecified atom stereocenters. The molecule has 0 aromatic rings. The molecule has 0 aliphatic rings. The van der Waals surface area contributed by atoms with E-state index < -0.39 is 0 Å². The Hall–Kier alpha value is 0.400. The minimum atomic E-state index is 0.477. The second-order valence-electron chi connectivity index (χ2n) is 14.2. The fourth-order valence-corrected chi connectivity index (χ4v) is 7.46. The van der Waals surface area contributed by atoms with Gasteiger partial charge < -0.3 is 9.47 Å². The van der Waals surface area contributed by atoms with Crippen molar-refractivity contribution in [2.75, 3.05) is 25.3 Å². The monoisotopic (exact) mass is 616 g/mol. The predicted molar refractivity (Wildman–Crippen MR) is 179 cm³/mol. The fraction of sp³-hybridized carbons (Fsp3) is 1.00. The fourth-order valence-electron chi connectivity index (χ4n) is 7.14. The molecule has 39 heavy (non-hydrogen) atoms. The van der Waals surface area contributed by atoms with Crippen molar-refractivity contribution < 1.29 is 9.47 Å². The lowest BCUT2D eigenvalue weighted by Gasteiger charge is -2.26. The maximum atomic E-state index is 5.72. The van der Waals surface area contributed by atoms with Gasteiger partial charge in [0.25, 0.3) is 0 Å². The molecule has 0 fully saturated rings. The second kappa shape index (κ2) is 27.2. The average molecular weight is 618 g/mol. The van der Waals surface area contributed by atoms with E-state index in [0.717, 1.165) is 66.4 Å². The molecule has 0 N–H and O–H groups in total. The Morgan fingerprint density at radius 2 is 0.795 bits per heavy atom. The van der Waals surface area contributed by atoms with Crippen LogP contribution in [0.3, 0.4) is 0 Å². The van der Waals surface area contributed by atoms with Gasteiger partial charge in [0.1, 0.15) is 6.79 Å². The van der Waals surface area contributed by atoms with E-state index in [9.17, 15) is 0 Å². The molecule has 3 heteroatoms. The molecular formula is C36H73BrO2. The summed E-state index contributed by atoms with van der Waals surface area (Å²) in [5, 5.41) is 1.15. The molecular weight excluding hydrogens is 544 g/mol. The second-order valence-corrected chi connectivity index (χ2v) is 15.0. The first-order chi connectivity index (χ1) is 18.7. The van der Waals surface area contributed by atoms with Crippen LogP contribution in [0.5, 0.6) is 0 Å². The topological polar surface area (TPSA) is 18.5 Å². The molecule has 0 bridgehead atoms. The largest absolute Gasteiger partial charge is 0.355 e. The molecule has 0 aromatic carbocycles. The van der Waals surface area contributed by atoms with Crippen molar-refractivity contribution in [1.82, 2.24) is 0 Å². The molecule has 236 valence electrons. The Kier molecular flexibility index (Phi) is 27.5. The molecule has 7 atom stereocenters. The van der Waals surface area contributed by atoms with Crippen molar-refractivity contribution in [3.8, 4) is 0 Å². The van der Waals surface area contributed by atoms with E-state index in [2.05, 4.69) is 71.3 Å². The molecule has 0 amide bonds. The van der Waals surface area contributed by atoms with Crippen LogP contribution in [0.2, 0.25) is 0 Å². The normalized spacial score (nSPS) is 17.5. The Morgan fingerprint density at radius 3 is 1.23 bits per heavy atom. The molecule has 0 aliphatic carbocycles. The summed E-state index contributed by atoms with van der Waals surface area (Å²) in [5.74, 6) is 5.90.